The molecule has 0 aromatic heterocycles. The van der Waals surface area contributed by atoms with Gasteiger partial charge in [0.05, 0.1) is 12.3 Å². The summed E-state index contributed by atoms with van der Waals surface area (Å²) in [4.78, 5) is 40.4. The van der Waals surface area contributed by atoms with Gasteiger partial charge in [0.1, 0.15) is 13.2 Å². The zero-order valence-corrected chi connectivity index (χ0v) is 13.1. The lowest BCUT2D eigenvalue weighted by molar-refractivity contribution is -0.132. The normalized spacial score (nSPS) is 19.5. The molecule has 0 atom stereocenters. The van der Waals surface area contributed by atoms with Gasteiger partial charge >= 0.3 is 6.09 Å². The standard InChI is InChI=1S/C13H21N3O4S/c1-21-10-12(18)15-4-2-3-14(5-6-15)11(17)9-16-7-8-20-13(16)19/h2-10H2,1H3. The molecule has 0 saturated carbocycles. The van der Waals surface area contributed by atoms with E-state index in [4.69, 9.17) is 4.74 Å². The molecule has 2 fully saturated rings. The number of nitrogens with zero attached hydrogens (tertiary/aromatic N) is 3. The minimum Gasteiger partial charge on any atom is -0.448 e. The van der Waals surface area contributed by atoms with Crippen LogP contribution in [-0.4, -0.2) is 90.5 Å². The first-order chi connectivity index (χ1) is 10.1. The molecule has 0 bridgehead atoms. The Labute approximate surface area is 128 Å². The summed E-state index contributed by atoms with van der Waals surface area (Å²) in [6.07, 6.45) is 2.26. The van der Waals surface area contributed by atoms with E-state index in [1.54, 1.807) is 4.90 Å². The van der Waals surface area contributed by atoms with Crippen LogP contribution >= 0.6 is 11.8 Å². The maximum atomic E-state index is 12.2. The minimum atomic E-state index is -0.421. The predicted molar refractivity (Wildman–Crippen MR) is 79.1 cm³/mol. The van der Waals surface area contributed by atoms with E-state index in [2.05, 4.69) is 0 Å². The van der Waals surface area contributed by atoms with Crippen LogP contribution in [0.5, 0.6) is 0 Å². The Morgan fingerprint density at radius 2 is 1.76 bits per heavy atom. The van der Waals surface area contributed by atoms with Gasteiger partial charge in [-0.3, -0.25) is 14.5 Å². The number of thioether (sulfide) groups is 1. The van der Waals surface area contributed by atoms with Crippen LogP contribution in [0.1, 0.15) is 6.42 Å². The second-order valence-electron chi connectivity index (χ2n) is 5.08. The van der Waals surface area contributed by atoms with Gasteiger partial charge in [0.15, 0.2) is 0 Å². The molecule has 2 aliphatic heterocycles. The first kappa shape index (κ1) is 15.9. The van der Waals surface area contributed by atoms with Gasteiger partial charge in [-0.05, 0) is 12.7 Å². The number of carbonyl (C=O) groups is 3. The molecule has 2 heterocycles. The Kier molecular flexibility index (Phi) is 5.72. The van der Waals surface area contributed by atoms with Gasteiger partial charge in [-0.25, -0.2) is 4.79 Å². The maximum absolute atomic E-state index is 12.2. The topological polar surface area (TPSA) is 70.2 Å². The molecule has 0 N–H and O–H groups in total. The highest BCUT2D eigenvalue weighted by atomic mass is 32.2. The Bertz CT molecular complexity index is 418. The van der Waals surface area contributed by atoms with Crippen LogP contribution in [0, 0.1) is 0 Å². The number of carbonyl (C=O) groups excluding carboxylic acids is 3. The fourth-order valence-corrected chi connectivity index (χ4v) is 2.89. The van der Waals surface area contributed by atoms with Crippen LogP contribution in [0.2, 0.25) is 0 Å². The zero-order chi connectivity index (χ0) is 15.2. The molecule has 21 heavy (non-hydrogen) atoms. The van der Waals surface area contributed by atoms with Crippen molar-refractivity contribution in [3.05, 3.63) is 0 Å². The third-order valence-electron chi connectivity index (χ3n) is 3.64. The van der Waals surface area contributed by atoms with Gasteiger partial charge in [-0.15, -0.1) is 0 Å². The van der Waals surface area contributed by atoms with Crippen molar-refractivity contribution in [2.45, 2.75) is 6.42 Å². The van der Waals surface area contributed by atoms with Gasteiger partial charge in [0.25, 0.3) is 0 Å². The second kappa shape index (κ2) is 7.53. The van der Waals surface area contributed by atoms with Crippen molar-refractivity contribution in [1.82, 2.24) is 14.7 Å². The van der Waals surface area contributed by atoms with Crippen molar-refractivity contribution >= 4 is 29.7 Å². The molecule has 118 valence electrons. The van der Waals surface area contributed by atoms with E-state index in [0.29, 0.717) is 45.1 Å². The molecular weight excluding hydrogens is 294 g/mol. The Hall–Kier alpha value is -1.44. The van der Waals surface area contributed by atoms with Crippen LogP contribution in [0.3, 0.4) is 0 Å². The third kappa shape index (κ3) is 4.26. The van der Waals surface area contributed by atoms with E-state index < -0.39 is 6.09 Å². The number of ether oxygens (including phenoxy) is 1. The van der Waals surface area contributed by atoms with Gasteiger partial charge in [-0.1, -0.05) is 0 Å². The largest absolute Gasteiger partial charge is 0.448 e. The summed E-state index contributed by atoms with van der Waals surface area (Å²) < 4.78 is 4.81. The molecule has 0 spiro atoms. The monoisotopic (exact) mass is 315 g/mol. The minimum absolute atomic E-state index is 0.0671. The van der Waals surface area contributed by atoms with Crippen LogP contribution < -0.4 is 0 Å². The number of hydrogen-bond donors (Lipinski definition) is 0. The van der Waals surface area contributed by atoms with Gasteiger partial charge in [-0.2, -0.15) is 11.8 Å². The summed E-state index contributed by atoms with van der Waals surface area (Å²) in [6, 6.07) is 0. The molecule has 7 nitrogen and oxygen atoms in total. The Morgan fingerprint density at radius 3 is 2.33 bits per heavy atom. The van der Waals surface area contributed by atoms with Crippen molar-refractivity contribution in [1.29, 1.82) is 0 Å². The average molecular weight is 315 g/mol. The summed E-state index contributed by atoms with van der Waals surface area (Å²) in [5, 5.41) is 0. The van der Waals surface area contributed by atoms with Crippen LogP contribution in [0.15, 0.2) is 0 Å². The highest BCUT2D eigenvalue weighted by Gasteiger charge is 2.27. The quantitative estimate of drug-likeness (QED) is 0.722. The fraction of sp³-hybridized carbons (Fsp3) is 0.769. The molecule has 0 aromatic rings. The van der Waals surface area contributed by atoms with Crippen molar-refractivity contribution in [2.24, 2.45) is 0 Å². The lowest BCUT2D eigenvalue weighted by atomic mass is 10.3. The van der Waals surface area contributed by atoms with E-state index in [-0.39, 0.29) is 18.4 Å². The van der Waals surface area contributed by atoms with Crippen LogP contribution in [0.4, 0.5) is 4.79 Å². The summed E-state index contributed by atoms with van der Waals surface area (Å²) in [5.41, 5.74) is 0. The van der Waals surface area contributed by atoms with Crippen molar-refractivity contribution in [3.8, 4) is 0 Å². The smallest absolute Gasteiger partial charge is 0.410 e. The SMILES string of the molecule is CSCC(=O)N1CCCN(C(=O)CN2CCOC2=O)CC1. The number of amides is 3. The molecule has 3 amide bonds. The Balaban J connectivity index is 1.83. The molecule has 2 aliphatic rings. The van der Waals surface area contributed by atoms with Crippen LogP contribution in [0.25, 0.3) is 0 Å². The summed E-state index contributed by atoms with van der Waals surface area (Å²) in [6.45, 7) is 3.30. The second-order valence-corrected chi connectivity index (χ2v) is 5.95. The molecule has 8 heteroatoms. The van der Waals surface area contributed by atoms with Crippen molar-refractivity contribution in [2.75, 3.05) is 57.9 Å². The van der Waals surface area contributed by atoms with E-state index >= 15 is 0 Å². The molecule has 0 radical (unpaired) electrons. The maximum Gasteiger partial charge on any atom is 0.410 e. The number of cyclic esters (lactones) is 1. The van der Waals surface area contributed by atoms with E-state index in [1.807, 2.05) is 11.2 Å². The average Bonchev–Trinajstić information content (AvgIpc) is 2.73. The van der Waals surface area contributed by atoms with Crippen molar-refractivity contribution in [3.63, 3.8) is 0 Å². The third-order valence-corrected chi connectivity index (χ3v) is 4.18. The molecule has 0 aliphatic carbocycles. The highest BCUT2D eigenvalue weighted by Crippen LogP contribution is 2.08. The lowest BCUT2D eigenvalue weighted by Crippen LogP contribution is -2.43. The number of hydrogen-bond acceptors (Lipinski definition) is 5. The summed E-state index contributed by atoms with van der Waals surface area (Å²) >= 11 is 1.51. The van der Waals surface area contributed by atoms with E-state index in [9.17, 15) is 14.4 Å². The molecule has 0 aromatic carbocycles. The molecule has 2 saturated heterocycles. The van der Waals surface area contributed by atoms with Gasteiger partial charge < -0.3 is 14.5 Å². The summed E-state index contributed by atoms with van der Waals surface area (Å²) in [5.74, 6) is 0.529. The number of rotatable bonds is 4. The molecule has 0 unspecified atom stereocenters. The molecular formula is C13H21N3O4S. The zero-order valence-electron chi connectivity index (χ0n) is 12.2. The highest BCUT2D eigenvalue weighted by molar-refractivity contribution is 7.99. The fourth-order valence-electron chi connectivity index (χ4n) is 2.46. The van der Waals surface area contributed by atoms with Crippen molar-refractivity contribution < 1.29 is 19.1 Å². The first-order valence-electron chi connectivity index (χ1n) is 7.08. The predicted octanol–water partition coefficient (Wildman–Crippen LogP) is -0.137. The first-order valence-corrected chi connectivity index (χ1v) is 8.47. The van der Waals surface area contributed by atoms with Gasteiger partial charge in [0, 0.05) is 26.2 Å². The van der Waals surface area contributed by atoms with E-state index in [0.717, 1.165) is 6.42 Å². The summed E-state index contributed by atoms with van der Waals surface area (Å²) in [7, 11) is 0. The van der Waals surface area contributed by atoms with E-state index in [1.165, 1.54) is 16.7 Å². The van der Waals surface area contributed by atoms with Gasteiger partial charge in [0.2, 0.25) is 11.8 Å². The Morgan fingerprint density at radius 1 is 1.10 bits per heavy atom. The van der Waals surface area contributed by atoms with Crippen LogP contribution in [-0.2, 0) is 14.3 Å². The molecule has 2 rings (SSSR count). The lowest BCUT2D eigenvalue weighted by Gasteiger charge is -2.23.